The highest BCUT2D eigenvalue weighted by Crippen LogP contribution is 2.28. The fourth-order valence-electron chi connectivity index (χ4n) is 2.38. The third kappa shape index (κ3) is 5.68. The van der Waals surface area contributed by atoms with Gasteiger partial charge in [-0.3, -0.25) is 4.79 Å². The van der Waals surface area contributed by atoms with Gasteiger partial charge in [0.15, 0.2) is 0 Å². The zero-order chi connectivity index (χ0) is 21.0. The number of hydrogen-bond acceptors (Lipinski definition) is 5. The van der Waals surface area contributed by atoms with Gasteiger partial charge in [0.05, 0.1) is 29.7 Å². The number of hydrazone groups is 1. The number of thioether (sulfide) groups is 1. The summed E-state index contributed by atoms with van der Waals surface area (Å²) in [5.41, 5.74) is 3.75. The van der Waals surface area contributed by atoms with Crippen molar-refractivity contribution in [2.45, 2.75) is 5.16 Å². The van der Waals surface area contributed by atoms with Crippen LogP contribution in [0.4, 0.5) is 0 Å². The molecule has 0 aliphatic carbocycles. The minimum atomic E-state index is -0.306. The van der Waals surface area contributed by atoms with Gasteiger partial charge in [-0.25, -0.2) is 9.99 Å². The summed E-state index contributed by atoms with van der Waals surface area (Å²) in [6.45, 7) is 0. The van der Waals surface area contributed by atoms with Crippen LogP contribution in [0.15, 0.2) is 60.1 Å². The predicted octanol–water partition coefficient (Wildman–Crippen LogP) is 3.50. The number of H-pyrrole nitrogens is 1. The summed E-state index contributed by atoms with van der Waals surface area (Å²) in [6, 6.07) is 11.1. The molecule has 0 saturated heterocycles. The summed E-state index contributed by atoms with van der Waals surface area (Å²) in [5.74, 6) is 0.444. The normalized spacial score (nSPS) is 11.2. The second-order valence-electron chi connectivity index (χ2n) is 5.81. The molecule has 11 heteroatoms. The van der Waals surface area contributed by atoms with Gasteiger partial charge in [-0.1, -0.05) is 59.6 Å². The molecule has 7 nitrogen and oxygen atoms in total. The van der Waals surface area contributed by atoms with E-state index in [1.807, 2.05) is 35.9 Å². The first kappa shape index (κ1) is 22.0. The zero-order valence-electron chi connectivity index (χ0n) is 14.9. The lowest BCUT2D eigenvalue weighted by Gasteiger charge is -2.12. The van der Waals surface area contributed by atoms with E-state index in [0.29, 0.717) is 15.2 Å². The van der Waals surface area contributed by atoms with Gasteiger partial charge in [0.25, 0.3) is 11.7 Å². The summed E-state index contributed by atoms with van der Waals surface area (Å²) in [6.07, 6.45) is 1.32. The van der Waals surface area contributed by atoms with Crippen molar-refractivity contribution in [3.05, 3.63) is 55.4 Å². The number of rotatable bonds is 6. The Morgan fingerprint density at radius 1 is 1.31 bits per heavy atom. The van der Waals surface area contributed by atoms with E-state index in [1.54, 1.807) is 12.1 Å². The minimum absolute atomic E-state index is 0.125. The molecule has 0 unspecified atom stereocenters. The number of nitrogens with zero attached hydrogens (tertiary/aromatic N) is 3. The van der Waals surface area contributed by atoms with E-state index in [9.17, 15) is 9.90 Å². The molecule has 0 radical (unpaired) electrons. The maximum absolute atomic E-state index is 12.1. The number of aromatic amines is 1. The van der Waals surface area contributed by atoms with E-state index in [1.165, 1.54) is 18.0 Å². The predicted molar refractivity (Wildman–Crippen MR) is 121 cm³/mol. The molecule has 0 saturated carbocycles. The van der Waals surface area contributed by atoms with Crippen molar-refractivity contribution in [3.8, 4) is 17.1 Å². The number of aromatic nitrogens is 3. The number of hydrogen-bond donors (Lipinski definition) is 2. The molecule has 29 heavy (non-hydrogen) atoms. The fraction of sp³-hybridized carbons (Fsp3) is 0.111. The topological polar surface area (TPSA) is 97.1 Å². The first-order chi connectivity index (χ1) is 13.8. The van der Waals surface area contributed by atoms with Crippen LogP contribution in [-0.4, -0.2) is 28.1 Å². The lowest BCUT2D eigenvalue weighted by Crippen LogP contribution is -2.32. The van der Waals surface area contributed by atoms with Crippen LogP contribution < -0.4 is 15.1 Å². The highest BCUT2D eigenvalue weighted by atomic mass is 79.9. The Kier molecular flexibility index (Phi) is 7.49. The molecule has 3 aromatic rings. The number of benzene rings is 2. The number of halogens is 3. The highest BCUT2D eigenvalue weighted by molar-refractivity contribution is 9.11. The molecule has 1 aromatic heterocycles. The van der Waals surface area contributed by atoms with Gasteiger partial charge in [-0.15, -0.1) is 5.10 Å². The van der Waals surface area contributed by atoms with Gasteiger partial charge in [-0.2, -0.15) is 5.10 Å². The average Bonchev–Trinajstić information content (AvgIpc) is 3.04. The first-order valence-corrected chi connectivity index (χ1v) is 11.5. The molecule has 0 aliphatic rings. The van der Waals surface area contributed by atoms with Crippen LogP contribution in [0, 0.1) is 0 Å². The second kappa shape index (κ2) is 9.88. The number of nitrogens with one attached hydrogen (secondary N) is 2. The van der Waals surface area contributed by atoms with Crippen molar-refractivity contribution in [1.82, 2.24) is 15.6 Å². The summed E-state index contributed by atoms with van der Waals surface area (Å²) < 4.78 is 4.00. The van der Waals surface area contributed by atoms with E-state index >= 15 is 0 Å². The van der Waals surface area contributed by atoms with Crippen molar-refractivity contribution in [2.24, 2.45) is 12.1 Å². The highest BCUT2D eigenvalue weighted by Gasteiger charge is 2.20. The molecule has 0 bridgehead atoms. The van der Waals surface area contributed by atoms with Gasteiger partial charge < -0.3 is 5.11 Å². The zero-order valence-corrected chi connectivity index (χ0v) is 20.5. The third-order valence-electron chi connectivity index (χ3n) is 3.74. The monoisotopic (exact) mass is 601 g/mol. The molecule has 2 aromatic carbocycles. The lowest BCUT2D eigenvalue weighted by atomic mass is 10.2. The third-order valence-corrected chi connectivity index (χ3v) is 6.31. The Morgan fingerprint density at radius 2 is 2.10 bits per heavy atom. The van der Waals surface area contributed by atoms with Crippen molar-refractivity contribution in [2.75, 3.05) is 5.75 Å². The van der Waals surface area contributed by atoms with Crippen LogP contribution in [-0.2, 0) is 11.8 Å². The molecule has 150 valence electrons. The smallest absolute Gasteiger partial charge is 0.337 e. The summed E-state index contributed by atoms with van der Waals surface area (Å²) in [5, 5.41) is 23.8. The summed E-state index contributed by atoms with van der Waals surface area (Å²) >= 11 is 11.2. The van der Waals surface area contributed by atoms with Gasteiger partial charge in [-0.05, 0) is 47.7 Å². The molecule has 0 spiro atoms. The Morgan fingerprint density at radius 3 is 2.86 bits per heavy atom. The molecule has 0 fully saturated rings. The summed E-state index contributed by atoms with van der Waals surface area (Å²) in [7, 11) is 1.87. The molecule has 1 amide bonds. The van der Waals surface area contributed by atoms with Crippen LogP contribution in [0.2, 0.25) is 0 Å². The van der Waals surface area contributed by atoms with Crippen LogP contribution in [0.5, 0.6) is 5.75 Å². The minimum Gasteiger partial charge on any atom is -0.871 e. The van der Waals surface area contributed by atoms with Gasteiger partial charge in [0.1, 0.15) is 0 Å². The first-order valence-electron chi connectivity index (χ1n) is 8.16. The molecule has 2 N–H and O–H groups in total. The van der Waals surface area contributed by atoms with Gasteiger partial charge in [0.2, 0.25) is 0 Å². The van der Waals surface area contributed by atoms with Crippen molar-refractivity contribution < 1.29 is 14.5 Å². The van der Waals surface area contributed by atoms with Crippen molar-refractivity contribution >= 4 is 71.7 Å². The van der Waals surface area contributed by atoms with Crippen LogP contribution in [0.3, 0.4) is 0 Å². The van der Waals surface area contributed by atoms with E-state index in [0.717, 1.165) is 20.3 Å². The number of carbonyl (C=O) groups is 1. The van der Waals surface area contributed by atoms with Crippen LogP contribution in [0.25, 0.3) is 11.4 Å². The molecular formula is C18H14Br3N5O2S. The van der Waals surface area contributed by atoms with E-state index in [2.05, 4.69) is 68.5 Å². The van der Waals surface area contributed by atoms with Crippen LogP contribution in [0.1, 0.15) is 5.56 Å². The Hall–Kier alpha value is -1.69. The Bertz CT molecular complexity index is 1090. The standard InChI is InChI=1S/C18H14Br3N5O2S/c1-26-17(10-3-2-4-12(19)5-10)24-25-18(26)29-9-15(27)23-22-8-11-6-13(20)7-14(21)16(11)28/h2-8H,9H2,1H3,(H2,22,23,27,28). The maximum atomic E-state index is 12.1. The van der Waals surface area contributed by atoms with Crippen molar-refractivity contribution in [1.29, 1.82) is 0 Å². The lowest BCUT2D eigenvalue weighted by molar-refractivity contribution is -0.698. The van der Waals surface area contributed by atoms with Crippen molar-refractivity contribution in [3.63, 3.8) is 0 Å². The van der Waals surface area contributed by atoms with E-state index in [-0.39, 0.29) is 17.4 Å². The molecule has 1 heterocycles. The molecule has 3 rings (SSSR count). The summed E-state index contributed by atoms with van der Waals surface area (Å²) in [4.78, 5) is 12.1. The molecule has 0 atom stereocenters. The maximum Gasteiger partial charge on any atom is 0.337 e. The number of amides is 1. The van der Waals surface area contributed by atoms with E-state index in [4.69, 9.17) is 0 Å². The Balaban J connectivity index is 1.59. The quantitative estimate of drug-likeness (QED) is 0.195. The largest absolute Gasteiger partial charge is 0.871 e. The second-order valence-corrected chi connectivity index (χ2v) is 9.44. The fourth-order valence-corrected chi connectivity index (χ4v) is 4.76. The average molecular weight is 604 g/mol. The van der Waals surface area contributed by atoms with Crippen LogP contribution >= 0.6 is 59.6 Å². The molecular weight excluding hydrogens is 590 g/mol. The van der Waals surface area contributed by atoms with Gasteiger partial charge in [0, 0.05) is 13.4 Å². The number of carbonyl (C=O) groups excluding carboxylic acids is 1. The Labute approximate surface area is 196 Å². The van der Waals surface area contributed by atoms with Gasteiger partial charge >= 0.3 is 5.16 Å². The SMILES string of the molecule is C[n+]1c(SCC(=O)NN=Cc2cc(Br)cc(Br)c2[O-])n[nH]c1-c1cccc(Br)c1. The van der Waals surface area contributed by atoms with E-state index < -0.39 is 0 Å². The molecule has 0 aliphatic heterocycles.